The first-order chi connectivity index (χ1) is 21.2. The van der Waals surface area contributed by atoms with Crippen LogP contribution in [0.1, 0.15) is 37.3 Å². The molecule has 0 aliphatic carbocycles. The van der Waals surface area contributed by atoms with E-state index in [-0.39, 0.29) is 37.5 Å². The van der Waals surface area contributed by atoms with Gasteiger partial charge in [-0.3, -0.25) is 9.69 Å². The molecule has 2 aliphatic heterocycles. The SMILES string of the molecule is CCC(F)(F)CCOc1cc(N2CCCN(Cc3ccc(CC(=O)N4CCO[C@H](COC)C4)cc3OC)C2=O)ccc1OC. The summed E-state index contributed by atoms with van der Waals surface area (Å²) in [7, 11) is 4.66. The van der Waals surface area contributed by atoms with Gasteiger partial charge < -0.3 is 33.5 Å². The number of halogens is 2. The molecule has 10 nitrogen and oxygen atoms in total. The molecule has 3 amide bonds. The first kappa shape index (κ1) is 33.3. The van der Waals surface area contributed by atoms with Gasteiger partial charge in [0.2, 0.25) is 5.91 Å². The summed E-state index contributed by atoms with van der Waals surface area (Å²) in [5.41, 5.74) is 2.23. The predicted octanol–water partition coefficient (Wildman–Crippen LogP) is 4.77. The standard InChI is InChI=1S/C32H43F2N3O7/c1-5-32(33,34)11-15-44-29-19-25(9-10-27(29)41-3)37-13-6-12-36(31(37)39)20-24-8-7-23(17-28(24)42-4)18-30(38)35-14-16-43-26(21-35)22-40-2/h7-10,17,19,26H,5-6,11-16,18,20-22H2,1-4H3/t26-/m0/s1. The van der Waals surface area contributed by atoms with Crippen molar-refractivity contribution < 1.29 is 42.1 Å². The number of hydrogen-bond acceptors (Lipinski definition) is 7. The minimum atomic E-state index is -2.81. The van der Waals surface area contributed by atoms with E-state index in [0.29, 0.717) is 68.9 Å². The summed E-state index contributed by atoms with van der Waals surface area (Å²) in [6.45, 7) is 4.58. The van der Waals surface area contributed by atoms with Crippen LogP contribution < -0.4 is 19.1 Å². The second-order valence-electron chi connectivity index (χ2n) is 11.0. The summed E-state index contributed by atoms with van der Waals surface area (Å²) in [6.07, 6.45) is 0.151. The molecule has 0 bridgehead atoms. The highest BCUT2D eigenvalue weighted by molar-refractivity contribution is 5.93. The largest absolute Gasteiger partial charge is 0.496 e. The van der Waals surface area contributed by atoms with Crippen LogP contribution in [0, 0.1) is 0 Å². The fourth-order valence-corrected chi connectivity index (χ4v) is 5.36. The molecule has 2 fully saturated rings. The molecule has 0 saturated carbocycles. The third-order valence-corrected chi connectivity index (χ3v) is 7.92. The highest BCUT2D eigenvalue weighted by Crippen LogP contribution is 2.34. The number of alkyl halides is 2. The number of urea groups is 1. The highest BCUT2D eigenvalue weighted by Gasteiger charge is 2.30. The molecule has 44 heavy (non-hydrogen) atoms. The number of rotatable bonds is 14. The number of carbonyl (C=O) groups excluding carboxylic acids is 2. The van der Waals surface area contributed by atoms with Crippen LogP contribution in [-0.4, -0.2) is 101 Å². The van der Waals surface area contributed by atoms with Gasteiger partial charge in [0.1, 0.15) is 5.75 Å². The smallest absolute Gasteiger partial charge is 0.324 e. The van der Waals surface area contributed by atoms with E-state index in [1.54, 1.807) is 47.1 Å². The number of hydrogen-bond donors (Lipinski definition) is 0. The molecular weight excluding hydrogens is 576 g/mol. The quantitative estimate of drug-likeness (QED) is 0.301. The van der Waals surface area contributed by atoms with Crippen molar-refractivity contribution in [2.75, 3.05) is 72.2 Å². The molecule has 0 spiro atoms. The number of carbonyl (C=O) groups is 2. The Morgan fingerprint density at radius 3 is 2.55 bits per heavy atom. The van der Waals surface area contributed by atoms with Crippen molar-refractivity contribution in [1.29, 1.82) is 0 Å². The zero-order chi connectivity index (χ0) is 31.7. The van der Waals surface area contributed by atoms with Gasteiger partial charge in [-0.05, 0) is 30.2 Å². The lowest BCUT2D eigenvalue weighted by atomic mass is 10.1. The van der Waals surface area contributed by atoms with Gasteiger partial charge in [-0.2, -0.15) is 0 Å². The van der Waals surface area contributed by atoms with Crippen LogP contribution in [0.2, 0.25) is 0 Å². The maximum atomic E-state index is 13.7. The average molecular weight is 620 g/mol. The molecule has 2 aromatic rings. The van der Waals surface area contributed by atoms with Crippen LogP contribution in [0.5, 0.6) is 17.2 Å². The summed E-state index contributed by atoms with van der Waals surface area (Å²) in [5, 5.41) is 0. The molecule has 0 unspecified atom stereocenters. The summed E-state index contributed by atoms with van der Waals surface area (Å²) in [4.78, 5) is 31.8. The van der Waals surface area contributed by atoms with Crippen molar-refractivity contribution in [3.8, 4) is 17.2 Å². The minimum absolute atomic E-state index is 0.00738. The Morgan fingerprint density at radius 1 is 1.02 bits per heavy atom. The van der Waals surface area contributed by atoms with E-state index >= 15 is 0 Å². The Hall–Kier alpha value is -3.64. The average Bonchev–Trinajstić information content (AvgIpc) is 3.03. The third-order valence-electron chi connectivity index (χ3n) is 7.92. The van der Waals surface area contributed by atoms with Crippen molar-refractivity contribution in [1.82, 2.24) is 9.80 Å². The van der Waals surface area contributed by atoms with E-state index < -0.39 is 12.3 Å². The molecule has 0 aromatic heterocycles. The molecule has 12 heteroatoms. The number of ether oxygens (including phenoxy) is 5. The minimum Gasteiger partial charge on any atom is -0.496 e. The molecule has 0 radical (unpaired) electrons. The van der Waals surface area contributed by atoms with Gasteiger partial charge in [-0.25, -0.2) is 13.6 Å². The van der Waals surface area contributed by atoms with E-state index in [2.05, 4.69) is 0 Å². The first-order valence-corrected chi connectivity index (χ1v) is 15.0. The van der Waals surface area contributed by atoms with Crippen molar-refractivity contribution >= 4 is 17.6 Å². The molecule has 4 rings (SSSR count). The molecular formula is C32H43F2N3O7. The van der Waals surface area contributed by atoms with Gasteiger partial charge in [0.05, 0.1) is 53.1 Å². The van der Waals surface area contributed by atoms with Gasteiger partial charge in [-0.1, -0.05) is 19.1 Å². The lowest BCUT2D eigenvalue weighted by Crippen LogP contribution is -2.49. The third kappa shape index (κ3) is 8.50. The second kappa shape index (κ2) is 15.4. The number of nitrogens with zero attached hydrogens (tertiary/aromatic N) is 3. The Balaban J connectivity index is 1.42. The van der Waals surface area contributed by atoms with Gasteiger partial charge in [0.25, 0.3) is 5.92 Å². The maximum Gasteiger partial charge on any atom is 0.324 e. The van der Waals surface area contributed by atoms with Crippen LogP contribution in [-0.2, 0) is 27.2 Å². The number of amides is 3. The van der Waals surface area contributed by atoms with E-state index in [0.717, 1.165) is 17.5 Å². The Bertz CT molecular complexity index is 1280. The molecule has 2 aliphatic rings. The normalized spacial score (nSPS) is 17.5. The molecule has 0 N–H and O–H groups in total. The van der Waals surface area contributed by atoms with Crippen LogP contribution in [0.3, 0.4) is 0 Å². The van der Waals surface area contributed by atoms with E-state index in [9.17, 15) is 18.4 Å². The topological polar surface area (TPSA) is 90.0 Å². The summed E-state index contributed by atoms with van der Waals surface area (Å²) in [6, 6.07) is 10.5. The fraction of sp³-hybridized carbons (Fsp3) is 0.562. The highest BCUT2D eigenvalue weighted by atomic mass is 19.3. The van der Waals surface area contributed by atoms with Crippen LogP contribution in [0.4, 0.5) is 19.3 Å². The van der Waals surface area contributed by atoms with E-state index in [4.69, 9.17) is 23.7 Å². The zero-order valence-corrected chi connectivity index (χ0v) is 26.0. The van der Waals surface area contributed by atoms with Gasteiger partial charge in [0, 0.05) is 63.4 Å². The van der Waals surface area contributed by atoms with Crippen molar-refractivity contribution in [2.45, 2.75) is 51.2 Å². The Kier molecular flexibility index (Phi) is 11.6. The van der Waals surface area contributed by atoms with E-state index in [1.807, 2.05) is 18.2 Å². The van der Waals surface area contributed by atoms with Gasteiger partial charge in [-0.15, -0.1) is 0 Å². The number of methoxy groups -OCH3 is 3. The Labute approximate surface area is 257 Å². The maximum absolute atomic E-state index is 13.7. The molecule has 1 atom stereocenters. The van der Waals surface area contributed by atoms with Gasteiger partial charge >= 0.3 is 6.03 Å². The Morgan fingerprint density at radius 2 is 1.82 bits per heavy atom. The second-order valence-corrected chi connectivity index (χ2v) is 11.0. The van der Waals surface area contributed by atoms with Crippen molar-refractivity contribution in [3.63, 3.8) is 0 Å². The van der Waals surface area contributed by atoms with Gasteiger partial charge in [0.15, 0.2) is 11.5 Å². The lowest BCUT2D eigenvalue weighted by Gasteiger charge is -2.36. The van der Waals surface area contributed by atoms with Crippen molar-refractivity contribution in [2.24, 2.45) is 0 Å². The molecule has 2 aromatic carbocycles. The van der Waals surface area contributed by atoms with Crippen LogP contribution in [0.25, 0.3) is 0 Å². The number of benzene rings is 2. The first-order valence-electron chi connectivity index (χ1n) is 15.0. The number of morpholine rings is 1. The predicted molar refractivity (Wildman–Crippen MR) is 161 cm³/mol. The fourth-order valence-electron chi connectivity index (χ4n) is 5.36. The van der Waals surface area contributed by atoms with E-state index in [1.165, 1.54) is 14.0 Å². The van der Waals surface area contributed by atoms with Crippen molar-refractivity contribution in [3.05, 3.63) is 47.5 Å². The zero-order valence-electron chi connectivity index (χ0n) is 26.0. The molecule has 2 saturated heterocycles. The summed E-state index contributed by atoms with van der Waals surface area (Å²) >= 11 is 0. The monoisotopic (exact) mass is 619 g/mol. The van der Waals surface area contributed by atoms with Crippen LogP contribution in [0.15, 0.2) is 36.4 Å². The lowest BCUT2D eigenvalue weighted by molar-refractivity contribution is -0.140. The van der Waals surface area contributed by atoms with Crippen LogP contribution >= 0.6 is 0 Å². The molecule has 2 heterocycles. The summed E-state index contributed by atoms with van der Waals surface area (Å²) in [5.74, 6) is -1.49. The molecule has 242 valence electrons. The summed E-state index contributed by atoms with van der Waals surface area (Å²) < 4.78 is 55.0. The number of anilines is 1.